The molecule has 0 amide bonds. The van der Waals surface area contributed by atoms with Gasteiger partial charge in [0.15, 0.2) is 0 Å². The first-order valence-electron chi connectivity index (χ1n) is 12.0. The van der Waals surface area contributed by atoms with Gasteiger partial charge in [0.25, 0.3) is 5.56 Å². The third-order valence-corrected chi connectivity index (χ3v) is 8.42. The predicted octanol–water partition coefficient (Wildman–Crippen LogP) is 2.83. The molecule has 1 saturated heterocycles. The molecule has 2 fully saturated rings. The fourth-order valence-electron chi connectivity index (χ4n) is 4.61. The molecule has 1 aliphatic carbocycles. The Balaban J connectivity index is 1.54. The summed E-state index contributed by atoms with van der Waals surface area (Å²) in [4.78, 5) is 40.7. The molecule has 206 valence electrons. The first-order valence-corrected chi connectivity index (χ1v) is 14.5. The van der Waals surface area contributed by atoms with Crippen LogP contribution in [-0.2, 0) is 23.4 Å². The number of nitrogens with zero attached hydrogens (tertiary/aromatic N) is 1. The molecule has 2 heterocycles. The first-order chi connectivity index (χ1) is 18.2. The van der Waals surface area contributed by atoms with E-state index in [1.54, 1.807) is 30.3 Å². The monoisotopic (exact) mass is 613 g/mol. The molecule has 4 rings (SSSR count). The summed E-state index contributed by atoms with van der Waals surface area (Å²) in [6, 6.07) is 8.34. The van der Waals surface area contributed by atoms with Gasteiger partial charge in [0.2, 0.25) is 0 Å². The van der Waals surface area contributed by atoms with Crippen molar-refractivity contribution in [1.29, 1.82) is 0 Å². The fraction of sp³-hybridized carbons (Fsp3) is 0.458. The number of hydrogen-bond donors (Lipinski definition) is 3. The van der Waals surface area contributed by atoms with Crippen LogP contribution in [0.5, 0.6) is 5.75 Å². The number of aromatic nitrogens is 2. The van der Waals surface area contributed by atoms with Gasteiger partial charge in [0, 0.05) is 12.6 Å². The number of nitrogens with one attached hydrogen (secondary N) is 2. The van der Waals surface area contributed by atoms with Crippen LogP contribution < -0.4 is 20.9 Å². The van der Waals surface area contributed by atoms with E-state index in [0.29, 0.717) is 12.8 Å². The van der Waals surface area contributed by atoms with Crippen LogP contribution in [0, 0.1) is 0 Å². The van der Waals surface area contributed by atoms with Crippen LogP contribution in [-0.4, -0.2) is 52.1 Å². The summed E-state index contributed by atoms with van der Waals surface area (Å²) in [6.45, 7) is -0.377. The van der Waals surface area contributed by atoms with Gasteiger partial charge in [0.05, 0.1) is 25.4 Å². The van der Waals surface area contributed by atoms with Crippen molar-refractivity contribution >= 4 is 35.7 Å². The van der Waals surface area contributed by atoms with Crippen molar-refractivity contribution < 1.29 is 33.0 Å². The second-order valence-corrected chi connectivity index (χ2v) is 11.3. The number of aliphatic hydroxyl groups excluding tert-OH is 1. The third kappa shape index (κ3) is 6.36. The summed E-state index contributed by atoms with van der Waals surface area (Å²) in [5.74, 6) is -0.322. The van der Waals surface area contributed by atoms with Crippen molar-refractivity contribution in [3.8, 4) is 5.75 Å². The number of H-pyrrole nitrogens is 1. The van der Waals surface area contributed by atoms with E-state index in [2.05, 4.69) is 26.0 Å². The molecule has 12 nitrogen and oxygen atoms in total. The molecular weight excluding hydrogens is 585 g/mol. The lowest BCUT2D eigenvalue weighted by Crippen LogP contribution is -2.50. The van der Waals surface area contributed by atoms with Crippen molar-refractivity contribution in [2.45, 2.75) is 56.1 Å². The molecule has 3 N–H and O–H groups in total. The Morgan fingerprint density at radius 1 is 1.32 bits per heavy atom. The van der Waals surface area contributed by atoms with E-state index in [-0.39, 0.29) is 24.3 Å². The molecule has 0 bridgehead atoms. The smallest absolute Gasteiger partial charge is 0.459 e. The van der Waals surface area contributed by atoms with Gasteiger partial charge in [-0.1, -0.05) is 47.0 Å². The molecule has 1 aromatic carbocycles. The zero-order chi connectivity index (χ0) is 27.3. The zero-order valence-electron chi connectivity index (χ0n) is 20.6. The number of ether oxygens (including phenoxy) is 2. The van der Waals surface area contributed by atoms with Crippen LogP contribution in [0.2, 0.25) is 0 Å². The van der Waals surface area contributed by atoms with Gasteiger partial charge in [0.1, 0.15) is 23.6 Å². The quantitative estimate of drug-likeness (QED) is 0.269. The molecule has 0 spiro atoms. The number of para-hydroxylation sites is 1. The van der Waals surface area contributed by atoms with Crippen molar-refractivity contribution in [3.05, 3.63) is 67.9 Å². The minimum absolute atomic E-state index is 0.0147. The summed E-state index contributed by atoms with van der Waals surface area (Å²) < 4.78 is 37.4. The Labute approximate surface area is 226 Å². The number of aliphatic hydroxyl groups is 1. The van der Waals surface area contributed by atoms with Crippen molar-refractivity contribution in [3.63, 3.8) is 0 Å². The number of carbonyl (C=O) groups excluding carboxylic acids is 1. The van der Waals surface area contributed by atoms with E-state index >= 15 is 0 Å². The molecule has 1 aliphatic heterocycles. The highest BCUT2D eigenvalue weighted by Gasteiger charge is 2.49. The molecule has 2 aliphatic rings. The summed E-state index contributed by atoms with van der Waals surface area (Å²) in [5.41, 5.74) is -2.33. The predicted molar refractivity (Wildman–Crippen MR) is 141 cm³/mol. The Morgan fingerprint density at radius 2 is 2.03 bits per heavy atom. The number of rotatable bonds is 10. The van der Waals surface area contributed by atoms with E-state index < -0.39 is 48.9 Å². The zero-order valence-corrected chi connectivity index (χ0v) is 23.1. The van der Waals surface area contributed by atoms with Crippen molar-refractivity contribution in [1.82, 2.24) is 14.6 Å². The number of aromatic amines is 1. The van der Waals surface area contributed by atoms with E-state index in [4.69, 9.17) is 18.5 Å². The summed E-state index contributed by atoms with van der Waals surface area (Å²) >= 11 is 3.10. The van der Waals surface area contributed by atoms with Crippen molar-refractivity contribution in [2.24, 2.45) is 0 Å². The Bertz CT molecular complexity index is 1320. The van der Waals surface area contributed by atoms with Crippen LogP contribution in [0.25, 0.3) is 6.08 Å². The molecule has 2 aromatic rings. The number of carbonyl (C=O) groups is 1. The maximum Gasteiger partial charge on any atom is 0.459 e. The number of methoxy groups -OCH3 is 1. The maximum absolute atomic E-state index is 14.0. The van der Waals surface area contributed by atoms with Crippen LogP contribution >= 0.6 is 23.7 Å². The molecular formula is C24H29BrN3O9P. The lowest BCUT2D eigenvalue weighted by atomic mass is 10.00. The van der Waals surface area contributed by atoms with Crippen LogP contribution in [0.15, 0.2) is 51.1 Å². The molecule has 14 heteroatoms. The standard InChI is InChI=1S/C24H29BrN3O9P/c1-34-22(31)24(10-5-6-11-24)27-38(33,37-17-7-3-2-4-8-17)35-15-19-18(29)13-20(36-19)28-14-16(9-12-25)21(30)26-23(28)32/h2-4,7-9,12,14,18-20,29H,5-6,10-11,13,15H2,1H3,(H,27,33)(H,26,30,32)/t18?,19-,20-,38?/m1/s1. The normalized spacial score (nSPS) is 24.3. The number of benzene rings is 1. The second kappa shape index (κ2) is 12.1. The minimum Gasteiger partial charge on any atom is -0.468 e. The van der Waals surface area contributed by atoms with Gasteiger partial charge in [-0.2, -0.15) is 5.09 Å². The van der Waals surface area contributed by atoms with Crippen LogP contribution in [0.3, 0.4) is 0 Å². The Kier molecular flexibility index (Phi) is 9.07. The average molecular weight is 614 g/mol. The second-order valence-electron chi connectivity index (χ2n) is 9.07. The number of hydrogen-bond acceptors (Lipinski definition) is 9. The van der Waals surface area contributed by atoms with E-state index in [9.17, 15) is 24.1 Å². The van der Waals surface area contributed by atoms with E-state index in [0.717, 1.165) is 17.4 Å². The fourth-order valence-corrected chi connectivity index (χ4v) is 6.64. The van der Waals surface area contributed by atoms with Gasteiger partial charge >= 0.3 is 19.4 Å². The largest absolute Gasteiger partial charge is 0.468 e. The topological polar surface area (TPSA) is 158 Å². The highest BCUT2D eigenvalue weighted by Crippen LogP contribution is 2.50. The number of esters is 1. The first kappa shape index (κ1) is 28.5. The Morgan fingerprint density at radius 3 is 2.68 bits per heavy atom. The molecule has 38 heavy (non-hydrogen) atoms. The maximum atomic E-state index is 14.0. The Hall–Kier alpha value is -2.54. The molecule has 1 saturated carbocycles. The lowest BCUT2D eigenvalue weighted by molar-refractivity contribution is -0.147. The number of halogens is 1. The summed E-state index contributed by atoms with van der Waals surface area (Å²) in [7, 11) is -2.94. The highest BCUT2D eigenvalue weighted by molar-refractivity contribution is 9.11. The van der Waals surface area contributed by atoms with Gasteiger partial charge in [-0.05, 0) is 36.0 Å². The van der Waals surface area contributed by atoms with Crippen molar-refractivity contribution in [2.75, 3.05) is 13.7 Å². The summed E-state index contributed by atoms with van der Waals surface area (Å²) in [5, 5.41) is 13.5. The van der Waals surface area contributed by atoms with E-state index in [1.165, 1.54) is 24.4 Å². The summed E-state index contributed by atoms with van der Waals surface area (Å²) in [6.07, 6.45) is 2.03. The van der Waals surface area contributed by atoms with E-state index in [1.807, 2.05) is 0 Å². The average Bonchev–Trinajstić information content (AvgIpc) is 3.51. The molecule has 4 atom stereocenters. The lowest BCUT2D eigenvalue weighted by Gasteiger charge is -2.31. The van der Waals surface area contributed by atoms with Crippen LogP contribution in [0.4, 0.5) is 0 Å². The molecule has 1 aromatic heterocycles. The SMILES string of the molecule is COC(=O)C1(NP(=O)(OC[C@H]2O[C@@H](n3cc(C=CBr)c(=O)[nH]c3=O)CC2O)Oc2ccccc2)CCCC1. The highest BCUT2D eigenvalue weighted by atomic mass is 79.9. The van der Waals surface area contributed by atoms with Crippen LogP contribution in [0.1, 0.15) is 43.9 Å². The van der Waals surface area contributed by atoms with Gasteiger partial charge in [-0.15, -0.1) is 0 Å². The van der Waals surface area contributed by atoms with Gasteiger partial charge in [-0.25, -0.2) is 9.36 Å². The van der Waals surface area contributed by atoms with Gasteiger partial charge < -0.3 is 19.1 Å². The van der Waals surface area contributed by atoms with Gasteiger partial charge in [-0.3, -0.25) is 23.7 Å². The molecule has 2 unspecified atom stereocenters. The minimum atomic E-state index is -4.20. The molecule has 0 radical (unpaired) electrons. The third-order valence-electron chi connectivity index (χ3n) is 6.51.